The molecule has 0 aromatic carbocycles. The molecule has 0 unspecified atom stereocenters. The first kappa shape index (κ1) is 7.28. The van der Waals surface area contributed by atoms with Crippen LogP contribution in [-0.2, 0) is 6.42 Å². The first-order valence-electron chi connectivity index (χ1n) is 3.56. The van der Waals surface area contributed by atoms with Gasteiger partial charge in [-0.25, -0.2) is 0 Å². The normalized spacial score (nSPS) is 10.1. The van der Waals surface area contributed by atoms with E-state index in [-0.39, 0.29) is 0 Å². The number of nitrogens with zero attached hydrogens (tertiary/aromatic N) is 1. The molecular weight excluding hydrogens is 126 g/mol. The summed E-state index contributed by atoms with van der Waals surface area (Å²) in [5.74, 6) is 0. The Balaban J connectivity index is 2.15. The van der Waals surface area contributed by atoms with Crippen LogP contribution in [0.25, 0.3) is 0 Å². The molecule has 1 aromatic rings. The van der Waals surface area contributed by atoms with Crippen molar-refractivity contribution in [3.05, 3.63) is 18.0 Å². The molecule has 0 radical (unpaired) electrons. The van der Waals surface area contributed by atoms with Crippen LogP contribution in [0.4, 0.5) is 0 Å². The molecule has 0 spiro atoms. The zero-order valence-corrected chi connectivity index (χ0v) is 6.22. The van der Waals surface area contributed by atoms with Crippen LogP contribution in [0.15, 0.2) is 12.3 Å². The molecule has 0 aliphatic rings. The minimum atomic E-state index is 1.07. The van der Waals surface area contributed by atoms with Gasteiger partial charge in [-0.2, -0.15) is 5.10 Å². The number of aryl methyl sites for hydroxylation is 1. The fourth-order valence-electron chi connectivity index (χ4n) is 0.880. The van der Waals surface area contributed by atoms with Crippen molar-refractivity contribution in [1.29, 1.82) is 0 Å². The second-order valence-corrected chi connectivity index (χ2v) is 2.29. The monoisotopic (exact) mass is 139 g/mol. The molecule has 1 aromatic heterocycles. The summed E-state index contributed by atoms with van der Waals surface area (Å²) >= 11 is 0. The Hall–Kier alpha value is -0.830. The molecule has 3 nitrogen and oxygen atoms in total. The van der Waals surface area contributed by atoms with Crippen LogP contribution < -0.4 is 5.32 Å². The summed E-state index contributed by atoms with van der Waals surface area (Å²) in [6.07, 6.45) is 4.04. The predicted molar refractivity (Wildman–Crippen MR) is 40.8 cm³/mol. The highest BCUT2D eigenvalue weighted by Crippen LogP contribution is 1.95. The highest BCUT2D eigenvalue weighted by atomic mass is 15.1. The van der Waals surface area contributed by atoms with Crippen LogP contribution in [0, 0.1) is 0 Å². The summed E-state index contributed by atoms with van der Waals surface area (Å²) in [7, 11) is 1.97. The lowest BCUT2D eigenvalue weighted by atomic mass is 10.2. The van der Waals surface area contributed by atoms with E-state index in [1.807, 2.05) is 13.1 Å². The van der Waals surface area contributed by atoms with Crippen LogP contribution in [-0.4, -0.2) is 23.8 Å². The van der Waals surface area contributed by atoms with Crippen LogP contribution >= 0.6 is 0 Å². The summed E-state index contributed by atoms with van der Waals surface area (Å²) in [6.45, 7) is 1.07. The Bertz CT molecular complexity index is 157. The molecule has 0 saturated heterocycles. The Morgan fingerprint density at radius 3 is 3.20 bits per heavy atom. The highest BCUT2D eigenvalue weighted by Gasteiger charge is 1.90. The summed E-state index contributed by atoms with van der Waals surface area (Å²) in [6, 6.07) is 2.01. The third-order valence-electron chi connectivity index (χ3n) is 1.43. The number of hydrogen-bond donors (Lipinski definition) is 2. The average Bonchev–Trinajstić information content (AvgIpc) is 2.41. The van der Waals surface area contributed by atoms with Crippen LogP contribution in [0.2, 0.25) is 0 Å². The largest absolute Gasteiger partial charge is 0.320 e. The lowest BCUT2D eigenvalue weighted by Gasteiger charge is -1.95. The zero-order chi connectivity index (χ0) is 7.23. The molecule has 0 aliphatic heterocycles. The van der Waals surface area contributed by atoms with Crippen molar-refractivity contribution < 1.29 is 0 Å². The van der Waals surface area contributed by atoms with Crippen LogP contribution in [0.5, 0.6) is 0 Å². The van der Waals surface area contributed by atoms with Crippen LogP contribution in [0.1, 0.15) is 12.1 Å². The van der Waals surface area contributed by atoms with Crippen molar-refractivity contribution in [1.82, 2.24) is 15.5 Å². The number of rotatable bonds is 4. The molecule has 10 heavy (non-hydrogen) atoms. The van der Waals surface area contributed by atoms with Crippen molar-refractivity contribution in [3.8, 4) is 0 Å². The molecule has 0 saturated carbocycles. The lowest BCUT2D eigenvalue weighted by molar-refractivity contribution is 0.713. The van der Waals surface area contributed by atoms with Gasteiger partial charge in [0, 0.05) is 11.9 Å². The van der Waals surface area contributed by atoms with E-state index >= 15 is 0 Å². The van der Waals surface area contributed by atoms with Gasteiger partial charge in [-0.1, -0.05) is 0 Å². The number of nitrogens with one attached hydrogen (secondary N) is 2. The van der Waals surface area contributed by atoms with Gasteiger partial charge in [-0.15, -0.1) is 0 Å². The van der Waals surface area contributed by atoms with Crippen molar-refractivity contribution >= 4 is 0 Å². The van der Waals surface area contributed by atoms with E-state index in [2.05, 4.69) is 15.5 Å². The minimum absolute atomic E-state index is 1.07. The van der Waals surface area contributed by atoms with E-state index in [1.54, 1.807) is 6.20 Å². The summed E-state index contributed by atoms with van der Waals surface area (Å²) in [5, 5.41) is 9.87. The van der Waals surface area contributed by atoms with Gasteiger partial charge in [0.2, 0.25) is 0 Å². The second-order valence-electron chi connectivity index (χ2n) is 2.29. The lowest BCUT2D eigenvalue weighted by Crippen LogP contribution is -2.08. The third-order valence-corrected chi connectivity index (χ3v) is 1.43. The number of H-pyrrole nitrogens is 1. The first-order chi connectivity index (χ1) is 4.93. The maximum absolute atomic E-state index is 3.86. The maximum Gasteiger partial charge on any atom is 0.0490 e. The molecule has 0 atom stereocenters. The van der Waals surface area contributed by atoms with Gasteiger partial charge in [0.1, 0.15) is 0 Å². The third kappa shape index (κ3) is 2.19. The Morgan fingerprint density at radius 2 is 2.60 bits per heavy atom. The Morgan fingerprint density at radius 1 is 1.70 bits per heavy atom. The van der Waals surface area contributed by atoms with Gasteiger partial charge in [0.15, 0.2) is 0 Å². The molecule has 56 valence electrons. The SMILES string of the molecule is CNCCCc1ccn[nH]1. The summed E-state index contributed by atoms with van der Waals surface area (Å²) in [5.41, 5.74) is 1.22. The molecular formula is C7H13N3. The van der Waals surface area contributed by atoms with E-state index in [9.17, 15) is 0 Å². The van der Waals surface area contributed by atoms with Crippen molar-refractivity contribution in [2.24, 2.45) is 0 Å². The molecule has 1 rings (SSSR count). The van der Waals surface area contributed by atoms with Crippen molar-refractivity contribution in [2.45, 2.75) is 12.8 Å². The standard InChI is InChI=1S/C7H13N3/c1-8-5-2-3-7-4-6-9-10-7/h4,6,8H,2-3,5H2,1H3,(H,9,10). The molecule has 3 heteroatoms. The van der Waals surface area contributed by atoms with Gasteiger partial charge >= 0.3 is 0 Å². The maximum atomic E-state index is 3.86. The van der Waals surface area contributed by atoms with E-state index < -0.39 is 0 Å². The van der Waals surface area contributed by atoms with Crippen molar-refractivity contribution in [3.63, 3.8) is 0 Å². The zero-order valence-electron chi connectivity index (χ0n) is 6.22. The molecule has 0 amide bonds. The average molecular weight is 139 g/mol. The molecule has 0 aliphatic carbocycles. The van der Waals surface area contributed by atoms with Gasteiger partial charge in [-0.05, 0) is 32.5 Å². The van der Waals surface area contributed by atoms with E-state index in [0.29, 0.717) is 0 Å². The molecule has 1 heterocycles. The van der Waals surface area contributed by atoms with E-state index in [0.717, 1.165) is 13.0 Å². The quantitative estimate of drug-likeness (QED) is 0.598. The second kappa shape index (κ2) is 4.06. The van der Waals surface area contributed by atoms with Gasteiger partial charge < -0.3 is 5.32 Å². The smallest absolute Gasteiger partial charge is 0.0490 e. The predicted octanol–water partition coefficient (Wildman–Crippen LogP) is 0.562. The first-order valence-corrected chi connectivity index (χ1v) is 3.56. The van der Waals surface area contributed by atoms with Gasteiger partial charge in [0.05, 0.1) is 0 Å². The van der Waals surface area contributed by atoms with Gasteiger partial charge in [0.25, 0.3) is 0 Å². The van der Waals surface area contributed by atoms with E-state index in [4.69, 9.17) is 0 Å². The van der Waals surface area contributed by atoms with E-state index in [1.165, 1.54) is 12.1 Å². The van der Waals surface area contributed by atoms with Crippen molar-refractivity contribution in [2.75, 3.05) is 13.6 Å². The Kier molecular flexibility index (Phi) is 2.96. The Labute approximate surface area is 60.8 Å². The van der Waals surface area contributed by atoms with Gasteiger partial charge in [-0.3, -0.25) is 5.10 Å². The topological polar surface area (TPSA) is 40.7 Å². The number of aromatic nitrogens is 2. The number of aromatic amines is 1. The highest BCUT2D eigenvalue weighted by molar-refractivity contribution is 4.96. The molecule has 0 fully saturated rings. The summed E-state index contributed by atoms with van der Waals surface area (Å²) in [4.78, 5) is 0. The fraction of sp³-hybridized carbons (Fsp3) is 0.571. The minimum Gasteiger partial charge on any atom is -0.320 e. The fourth-order valence-corrected chi connectivity index (χ4v) is 0.880. The van der Waals surface area contributed by atoms with Crippen LogP contribution in [0.3, 0.4) is 0 Å². The molecule has 2 N–H and O–H groups in total. The molecule has 0 bridgehead atoms. The summed E-state index contributed by atoms with van der Waals surface area (Å²) < 4.78 is 0. The number of hydrogen-bond acceptors (Lipinski definition) is 2.